The summed E-state index contributed by atoms with van der Waals surface area (Å²) in [6.07, 6.45) is 3.54. The summed E-state index contributed by atoms with van der Waals surface area (Å²) < 4.78 is 7.13. The summed E-state index contributed by atoms with van der Waals surface area (Å²) in [6.45, 7) is 9.77. The number of rotatable bonds is 4. The second-order valence-corrected chi connectivity index (χ2v) is 7.42. The number of fused-ring (bicyclic) bond motifs is 1. The molecule has 1 atom stereocenters. The van der Waals surface area contributed by atoms with Gasteiger partial charge < -0.3 is 9.64 Å². The maximum atomic E-state index is 13.1. The average molecular weight is 362 g/mol. The van der Waals surface area contributed by atoms with Gasteiger partial charge in [-0.25, -0.2) is 4.79 Å². The van der Waals surface area contributed by atoms with E-state index in [4.69, 9.17) is 4.74 Å². The molecule has 144 valence electrons. The maximum absolute atomic E-state index is 13.1. The first-order valence-corrected chi connectivity index (χ1v) is 9.79. The smallest absolute Gasteiger partial charge is 0.328 e. The van der Waals surface area contributed by atoms with Crippen LogP contribution in [-0.4, -0.2) is 63.2 Å². The van der Waals surface area contributed by atoms with E-state index in [1.54, 1.807) is 11.8 Å². The van der Waals surface area contributed by atoms with Crippen molar-refractivity contribution in [2.24, 2.45) is 0 Å². The number of carbonyl (C=O) groups is 2. The van der Waals surface area contributed by atoms with Crippen LogP contribution in [0.3, 0.4) is 0 Å². The van der Waals surface area contributed by atoms with Gasteiger partial charge in [-0.05, 0) is 52.5 Å². The minimum absolute atomic E-state index is 0.153. The third kappa shape index (κ3) is 3.92. The van der Waals surface area contributed by atoms with E-state index in [9.17, 15) is 9.59 Å². The number of aryl methyl sites for hydroxylation is 1. The molecule has 26 heavy (non-hydrogen) atoms. The van der Waals surface area contributed by atoms with E-state index < -0.39 is 6.04 Å². The first-order chi connectivity index (χ1) is 12.5. The predicted octanol–water partition coefficient (Wildman–Crippen LogP) is 2.05. The molecule has 0 unspecified atom stereocenters. The molecule has 0 saturated carbocycles. The summed E-state index contributed by atoms with van der Waals surface area (Å²) >= 11 is 0. The molecule has 7 nitrogen and oxygen atoms in total. The molecule has 2 aliphatic heterocycles. The molecule has 0 radical (unpaired) electrons. The summed E-state index contributed by atoms with van der Waals surface area (Å²) in [4.78, 5) is 29.4. The highest BCUT2D eigenvalue weighted by Gasteiger charge is 2.35. The lowest BCUT2D eigenvalue weighted by molar-refractivity contribution is -0.149. The molecular formula is C19H30N4O3. The molecule has 1 aromatic heterocycles. The van der Waals surface area contributed by atoms with Crippen molar-refractivity contribution in [2.75, 3.05) is 19.7 Å². The summed E-state index contributed by atoms with van der Waals surface area (Å²) in [5.74, 6) is -0.452. The molecule has 3 heterocycles. The van der Waals surface area contributed by atoms with Gasteiger partial charge in [-0.3, -0.25) is 14.4 Å². The van der Waals surface area contributed by atoms with Crippen LogP contribution in [0.1, 0.15) is 62.6 Å². The number of nitrogens with zero attached hydrogens (tertiary/aromatic N) is 4. The van der Waals surface area contributed by atoms with E-state index in [2.05, 4.69) is 23.8 Å². The Bertz CT molecular complexity index is 655. The second-order valence-electron chi connectivity index (χ2n) is 7.42. The van der Waals surface area contributed by atoms with E-state index in [1.165, 1.54) is 0 Å². The van der Waals surface area contributed by atoms with Gasteiger partial charge in [0.15, 0.2) is 5.69 Å². The SMILES string of the molecule is CCOC(=O)[C@@H]1CCCCN1C(=O)c1cc2n(n1)CCCN(C(C)C)C2. The molecular weight excluding hydrogens is 332 g/mol. The Hall–Kier alpha value is -1.89. The van der Waals surface area contributed by atoms with E-state index in [-0.39, 0.29) is 11.9 Å². The van der Waals surface area contributed by atoms with Crippen molar-refractivity contribution in [3.63, 3.8) is 0 Å². The minimum Gasteiger partial charge on any atom is -0.464 e. The minimum atomic E-state index is -0.482. The summed E-state index contributed by atoms with van der Waals surface area (Å²) in [7, 11) is 0. The molecule has 0 N–H and O–H groups in total. The van der Waals surface area contributed by atoms with E-state index in [0.29, 0.717) is 31.3 Å². The van der Waals surface area contributed by atoms with Gasteiger partial charge in [0.25, 0.3) is 5.91 Å². The summed E-state index contributed by atoms with van der Waals surface area (Å²) in [5, 5.41) is 4.57. The lowest BCUT2D eigenvalue weighted by Crippen LogP contribution is -2.48. The molecule has 3 rings (SSSR count). The lowest BCUT2D eigenvalue weighted by atomic mass is 10.0. The molecule has 0 spiro atoms. The number of aromatic nitrogens is 2. The Balaban J connectivity index is 1.79. The Labute approximate surface area is 155 Å². The summed E-state index contributed by atoms with van der Waals surface area (Å²) in [6, 6.07) is 1.88. The van der Waals surface area contributed by atoms with Crippen LogP contribution in [0.5, 0.6) is 0 Å². The predicted molar refractivity (Wildman–Crippen MR) is 97.7 cm³/mol. The fourth-order valence-electron chi connectivity index (χ4n) is 3.84. The Morgan fingerprint density at radius 3 is 2.77 bits per heavy atom. The fraction of sp³-hybridized carbons (Fsp3) is 0.737. The van der Waals surface area contributed by atoms with Gasteiger partial charge in [-0.2, -0.15) is 5.10 Å². The summed E-state index contributed by atoms with van der Waals surface area (Å²) in [5.41, 5.74) is 1.52. The Morgan fingerprint density at radius 1 is 1.23 bits per heavy atom. The Kier molecular flexibility index (Phi) is 5.96. The van der Waals surface area contributed by atoms with Crippen LogP contribution in [0.4, 0.5) is 0 Å². The number of amides is 1. The maximum Gasteiger partial charge on any atom is 0.328 e. The van der Waals surface area contributed by atoms with Crippen LogP contribution in [-0.2, 0) is 22.6 Å². The first kappa shape index (κ1) is 18.9. The monoisotopic (exact) mass is 362 g/mol. The topological polar surface area (TPSA) is 67.7 Å². The van der Waals surface area contributed by atoms with Crippen LogP contribution in [0.25, 0.3) is 0 Å². The zero-order valence-electron chi connectivity index (χ0n) is 16.1. The zero-order chi connectivity index (χ0) is 18.7. The number of hydrogen-bond acceptors (Lipinski definition) is 5. The standard InChI is InChI=1S/C19H30N4O3/c1-4-26-19(25)17-8-5-6-10-22(17)18(24)16-12-15-13-21(14(2)3)9-7-11-23(15)20-16/h12,14,17H,4-11,13H2,1-3H3/t17-/m0/s1. The molecule has 1 fully saturated rings. The molecule has 0 aliphatic carbocycles. The van der Waals surface area contributed by atoms with Crippen LogP contribution < -0.4 is 0 Å². The zero-order valence-corrected chi connectivity index (χ0v) is 16.1. The number of ether oxygens (including phenoxy) is 1. The van der Waals surface area contributed by atoms with Crippen molar-refractivity contribution in [2.45, 2.75) is 71.6 Å². The van der Waals surface area contributed by atoms with Gasteiger partial charge in [0.2, 0.25) is 0 Å². The lowest BCUT2D eigenvalue weighted by Gasteiger charge is -2.33. The van der Waals surface area contributed by atoms with Crippen LogP contribution in [0.15, 0.2) is 6.07 Å². The van der Waals surface area contributed by atoms with Crippen molar-refractivity contribution in [3.8, 4) is 0 Å². The molecule has 1 saturated heterocycles. The van der Waals surface area contributed by atoms with E-state index >= 15 is 0 Å². The van der Waals surface area contributed by atoms with Crippen molar-refractivity contribution in [3.05, 3.63) is 17.5 Å². The molecule has 1 amide bonds. The fourth-order valence-corrected chi connectivity index (χ4v) is 3.84. The van der Waals surface area contributed by atoms with Crippen LogP contribution in [0.2, 0.25) is 0 Å². The number of carbonyl (C=O) groups excluding carboxylic acids is 2. The number of piperidine rings is 1. The number of hydrogen-bond donors (Lipinski definition) is 0. The van der Waals surface area contributed by atoms with Gasteiger partial charge in [0, 0.05) is 32.2 Å². The molecule has 0 bridgehead atoms. The van der Waals surface area contributed by atoms with E-state index in [0.717, 1.165) is 44.6 Å². The molecule has 2 aliphatic rings. The average Bonchev–Trinajstić information content (AvgIpc) is 2.92. The normalized spacial score (nSPS) is 21.4. The van der Waals surface area contributed by atoms with Crippen LogP contribution in [0, 0.1) is 0 Å². The molecule has 7 heteroatoms. The number of likely N-dealkylation sites (tertiary alicyclic amines) is 1. The van der Waals surface area contributed by atoms with E-state index in [1.807, 2.05) is 10.7 Å². The third-order valence-corrected chi connectivity index (χ3v) is 5.32. The van der Waals surface area contributed by atoms with Gasteiger partial charge in [-0.15, -0.1) is 0 Å². The molecule has 1 aromatic rings. The number of esters is 1. The highest BCUT2D eigenvalue weighted by Crippen LogP contribution is 2.22. The van der Waals surface area contributed by atoms with Crippen molar-refractivity contribution in [1.82, 2.24) is 19.6 Å². The Morgan fingerprint density at radius 2 is 2.04 bits per heavy atom. The highest BCUT2D eigenvalue weighted by atomic mass is 16.5. The van der Waals surface area contributed by atoms with Gasteiger partial charge >= 0.3 is 5.97 Å². The van der Waals surface area contributed by atoms with Gasteiger partial charge in [0.05, 0.1) is 12.3 Å². The van der Waals surface area contributed by atoms with Crippen molar-refractivity contribution < 1.29 is 14.3 Å². The quantitative estimate of drug-likeness (QED) is 0.767. The highest BCUT2D eigenvalue weighted by molar-refractivity contribution is 5.95. The molecule has 0 aromatic carbocycles. The van der Waals surface area contributed by atoms with Gasteiger partial charge in [0.1, 0.15) is 6.04 Å². The largest absolute Gasteiger partial charge is 0.464 e. The van der Waals surface area contributed by atoms with Crippen molar-refractivity contribution >= 4 is 11.9 Å². The van der Waals surface area contributed by atoms with Crippen molar-refractivity contribution in [1.29, 1.82) is 0 Å². The van der Waals surface area contributed by atoms with Crippen LogP contribution >= 0.6 is 0 Å². The third-order valence-electron chi connectivity index (χ3n) is 5.32. The first-order valence-electron chi connectivity index (χ1n) is 9.79. The van der Waals surface area contributed by atoms with Gasteiger partial charge in [-0.1, -0.05) is 0 Å². The second kappa shape index (κ2) is 8.20.